The predicted molar refractivity (Wildman–Crippen MR) is 72.0 cm³/mol. The molecule has 1 aromatic carbocycles. The molecule has 0 aromatic heterocycles. The first kappa shape index (κ1) is 13.5. The van der Waals surface area contributed by atoms with Crippen LogP contribution in [0.1, 0.15) is 23.7 Å². The zero-order valence-electron chi connectivity index (χ0n) is 10.5. The van der Waals surface area contributed by atoms with Gasteiger partial charge in [0.05, 0.1) is 12.6 Å². The average Bonchev–Trinajstić information content (AvgIpc) is 2.34. The monoisotopic (exact) mass is 267 g/mol. The number of ketones is 1. The molecule has 1 heterocycles. The molecular weight excluding hydrogens is 250 g/mol. The van der Waals surface area contributed by atoms with Crippen molar-refractivity contribution in [2.24, 2.45) is 5.92 Å². The third-order valence-electron chi connectivity index (χ3n) is 3.48. The van der Waals surface area contributed by atoms with Crippen molar-refractivity contribution >= 4 is 17.4 Å². The van der Waals surface area contributed by atoms with Gasteiger partial charge in [-0.1, -0.05) is 18.5 Å². The zero-order chi connectivity index (χ0) is 13.1. The zero-order valence-corrected chi connectivity index (χ0v) is 11.2. The van der Waals surface area contributed by atoms with E-state index in [-0.39, 0.29) is 17.8 Å². The summed E-state index contributed by atoms with van der Waals surface area (Å²) in [5, 5.41) is 10.3. The summed E-state index contributed by atoms with van der Waals surface area (Å²) in [6.07, 6.45) is 0.515. The summed E-state index contributed by atoms with van der Waals surface area (Å²) < 4.78 is 0. The second-order valence-electron chi connectivity index (χ2n) is 5.00. The lowest BCUT2D eigenvalue weighted by molar-refractivity contribution is 0.0344. The Bertz CT molecular complexity index is 418. The van der Waals surface area contributed by atoms with Gasteiger partial charge in [-0.15, -0.1) is 0 Å². The highest BCUT2D eigenvalue weighted by Gasteiger charge is 2.25. The fraction of sp³-hybridized carbons (Fsp3) is 0.500. The van der Waals surface area contributed by atoms with Gasteiger partial charge in [-0.25, -0.2) is 0 Å². The van der Waals surface area contributed by atoms with Crippen LogP contribution in [-0.2, 0) is 0 Å². The van der Waals surface area contributed by atoms with Gasteiger partial charge in [0.25, 0.3) is 0 Å². The molecule has 2 rings (SSSR count). The Balaban J connectivity index is 1.93. The Hall–Kier alpha value is -0.900. The van der Waals surface area contributed by atoms with Crippen molar-refractivity contribution in [1.29, 1.82) is 0 Å². The molecule has 1 aromatic rings. The van der Waals surface area contributed by atoms with Crippen molar-refractivity contribution in [2.45, 2.75) is 19.4 Å². The standard InChI is InChI=1S/C14H18ClNO2/c1-10-8-16(7-6-13(10)17)9-14(18)11-2-4-12(15)5-3-11/h2-5,10,13,17H,6-9H2,1H3. The summed E-state index contributed by atoms with van der Waals surface area (Å²) >= 11 is 5.79. The van der Waals surface area contributed by atoms with E-state index in [9.17, 15) is 9.90 Å². The van der Waals surface area contributed by atoms with Crippen LogP contribution in [0, 0.1) is 5.92 Å². The number of Topliss-reactive ketones (excluding diaryl/α,β-unsaturated/α-hetero) is 1. The van der Waals surface area contributed by atoms with E-state index in [1.165, 1.54) is 0 Å². The van der Waals surface area contributed by atoms with Crippen LogP contribution in [0.4, 0.5) is 0 Å². The number of halogens is 1. The van der Waals surface area contributed by atoms with Gasteiger partial charge in [0.15, 0.2) is 5.78 Å². The van der Waals surface area contributed by atoms with Crippen molar-refractivity contribution in [1.82, 2.24) is 4.90 Å². The molecule has 1 N–H and O–H groups in total. The van der Waals surface area contributed by atoms with E-state index in [1.807, 2.05) is 6.92 Å². The van der Waals surface area contributed by atoms with E-state index in [1.54, 1.807) is 24.3 Å². The Kier molecular flexibility index (Phi) is 4.38. The SMILES string of the molecule is CC1CN(CC(=O)c2ccc(Cl)cc2)CCC1O. The van der Waals surface area contributed by atoms with Gasteiger partial charge >= 0.3 is 0 Å². The van der Waals surface area contributed by atoms with Crippen LogP contribution >= 0.6 is 11.6 Å². The highest BCUT2D eigenvalue weighted by molar-refractivity contribution is 6.30. The van der Waals surface area contributed by atoms with E-state index in [4.69, 9.17) is 11.6 Å². The molecule has 1 saturated heterocycles. The Labute approximate surface area is 112 Å². The molecule has 0 spiro atoms. The number of carbonyl (C=O) groups excluding carboxylic acids is 1. The topological polar surface area (TPSA) is 40.5 Å². The highest BCUT2D eigenvalue weighted by Crippen LogP contribution is 2.17. The minimum atomic E-state index is -0.230. The molecule has 0 aliphatic carbocycles. The number of aliphatic hydroxyl groups excluding tert-OH is 1. The van der Waals surface area contributed by atoms with Crippen LogP contribution in [0.15, 0.2) is 24.3 Å². The Morgan fingerprint density at radius 1 is 1.44 bits per heavy atom. The third kappa shape index (κ3) is 3.31. The van der Waals surface area contributed by atoms with Crippen LogP contribution < -0.4 is 0 Å². The summed E-state index contributed by atoms with van der Waals surface area (Å²) in [7, 11) is 0. The van der Waals surface area contributed by atoms with E-state index >= 15 is 0 Å². The summed E-state index contributed by atoms with van der Waals surface area (Å²) in [5.41, 5.74) is 0.693. The molecule has 0 saturated carbocycles. The molecule has 3 nitrogen and oxygen atoms in total. The molecule has 0 amide bonds. The molecule has 98 valence electrons. The molecule has 1 fully saturated rings. The molecule has 2 unspecified atom stereocenters. The van der Waals surface area contributed by atoms with Crippen LogP contribution in [0.25, 0.3) is 0 Å². The molecule has 0 bridgehead atoms. The van der Waals surface area contributed by atoms with Crippen LogP contribution in [0.3, 0.4) is 0 Å². The first-order valence-corrected chi connectivity index (χ1v) is 6.63. The van der Waals surface area contributed by atoms with E-state index in [0.717, 1.165) is 19.5 Å². The lowest BCUT2D eigenvalue weighted by Crippen LogP contribution is -2.44. The first-order chi connectivity index (χ1) is 8.56. The van der Waals surface area contributed by atoms with Crippen molar-refractivity contribution in [3.8, 4) is 0 Å². The summed E-state index contributed by atoms with van der Waals surface area (Å²) in [6, 6.07) is 6.98. The average molecular weight is 268 g/mol. The molecular formula is C14H18ClNO2. The lowest BCUT2D eigenvalue weighted by atomic mass is 9.96. The number of nitrogens with zero attached hydrogens (tertiary/aromatic N) is 1. The number of hydrogen-bond donors (Lipinski definition) is 1. The minimum absolute atomic E-state index is 0.107. The normalized spacial score (nSPS) is 25.1. The van der Waals surface area contributed by atoms with Gasteiger partial charge in [-0.3, -0.25) is 9.69 Å². The number of hydrogen-bond acceptors (Lipinski definition) is 3. The van der Waals surface area contributed by atoms with E-state index in [0.29, 0.717) is 17.1 Å². The van der Waals surface area contributed by atoms with Crippen LogP contribution in [0.2, 0.25) is 5.02 Å². The maximum atomic E-state index is 12.1. The quantitative estimate of drug-likeness (QED) is 0.854. The first-order valence-electron chi connectivity index (χ1n) is 6.25. The van der Waals surface area contributed by atoms with E-state index < -0.39 is 0 Å². The second kappa shape index (κ2) is 5.83. The van der Waals surface area contributed by atoms with Crippen molar-refractivity contribution in [2.75, 3.05) is 19.6 Å². The van der Waals surface area contributed by atoms with Gasteiger partial charge < -0.3 is 5.11 Å². The summed E-state index contributed by atoms with van der Waals surface area (Å²) in [4.78, 5) is 14.2. The van der Waals surface area contributed by atoms with Gasteiger partial charge in [0.2, 0.25) is 0 Å². The highest BCUT2D eigenvalue weighted by atomic mass is 35.5. The number of aliphatic hydroxyl groups is 1. The summed E-state index contributed by atoms with van der Waals surface area (Å²) in [5.74, 6) is 0.340. The Morgan fingerprint density at radius 2 is 2.11 bits per heavy atom. The molecule has 2 atom stereocenters. The maximum Gasteiger partial charge on any atom is 0.176 e. The number of carbonyl (C=O) groups is 1. The fourth-order valence-electron chi connectivity index (χ4n) is 2.29. The van der Waals surface area contributed by atoms with Gasteiger partial charge in [-0.2, -0.15) is 0 Å². The lowest BCUT2D eigenvalue weighted by Gasteiger charge is -2.33. The fourth-order valence-corrected chi connectivity index (χ4v) is 2.42. The molecule has 1 aliphatic heterocycles. The van der Waals surface area contributed by atoms with Gasteiger partial charge in [0.1, 0.15) is 0 Å². The minimum Gasteiger partial charge on any atom is -0.393 e. The number of likely N-dealkylation sites (tertiary alicyclic amines) is 1. The predicted octanol–water partition coefficient (Wildman–Crippen LogP) is 2.23. The Morgan fingerprint density at radius 3 is 2.72 bits per heavy atom. The molecule has 18 heavy (non-hydrogen) atoms. The number of rotatable bonds is 3. The van der Waals surface area contributed by atoms with Crippen molar-refractivity contribution in [3.63, 3.8) is 0 Å². The second-order valence-corrected chi connectivity index (χ2v) is 5.43. The van der Waals surface area contributed by atoms with Crippen molar-refractivity contribution in [3.05, 3.63) is 34.9 Å². The molecule has 4 heteroatoms. The van der Waals surface area contributed by atoms with Gasteiger partial charge in [-0.05, 0) is 36.6 Å². The smallest absolute Gasteiger partial charge is 0.176 e. The molecule has 0 radical (unpaired) electrons. The maximum absolute atomic E-state index is 12.1. The van der Waals surface area contributed by atoms with Crippen LogP contribution in [0.5, 0.6) is 0 Å². The number of piperidine rings is 1. The van der Waals surface area contributed by atoms with E-state index in [2.05, 4.69) is 4.90 Å². The number of benzene rings is 1. The molecule has 1 aliphatic rings. The summed E-state index contributed by atoms with van der Waals surface area (Å²) in [6.45, 7) is 3.99. The van der Waals surface area contributed by atoms with Crippen LogP contribution in [-0.4, -0.2) is 41.5 Å². The van der Waals surface area contributed by atoms with Crippen molar-refractivity contribution < 1.29 is 9.90 Å². The largest absolute Gasteiger partial charge is 0.393 e. The third-order valence-corrected chi connectivity index (χ3v) is 3.73. The van der Waals surface area contributed by atoms with Gasteiger partial charge in [0, 0.05) is 23.7 Å².